The maximum atomic E-state index is 13.2. The molecule has 2 amide bonds. The zero-order valence-electron chi connectivity index (χ0n) is 18.8. The predicted molar refractivity (Wildman–Crippen MR) is 127 cm³/mol. The molecule has 0 aliphatic carbocycles. The van der Waals surface area contributed by atoms with Crippen molar-refractivity contribution in [2.45, 2.75) is 32.7 Å². The Morgan fingerprint density at radius 2 is 1.94 bits per heavy atom. The van der Waals surface area contributed by atoms with E-state index in [1.807, 2.05) is 36.4 Å². The van der Waals surface area contributed by atoms with Crippen molar-refractivity contribution in [1.82, 2.24) is 14.9 Å². The standard InChI is InChI=1S/C26H28N4O3/c1-17(31)29-21-4-2-3-20(15-21)23-24-22(7-12-28-26(24)32)30(16-18-8-13-33-14-9-18)25(23)19-5-10-27-11-6-19/h2-6,10-11,15,18H,7-9,12-14,16H2,1H3,(H,28,32)(H,29,31). The van der Waals surface area contributed by atoms with Crippen molar-refractivity contribution < 1.29 is 14.3 Å². The van der Waals surface area contributed by atoms with Gasteiger partial charge in [0.05, 0.1) is 11.3 Å². The molecule has 1 fully saturated rings. The van der Waals surface area contributed by atoms with Gasteiger partial charge < -0.3 is 19.9 Å². The smallest absolute Gasteiger partial charge is 0.253 e. The van der Waals surface area contributed by atoms with Crippen LogP contribution in [0.15, 0.2) is 48.8 Å². The summed E-state index contributed by atoms with van der Waals surface area (Å²) < 4.78 is 7.95. The van der Waals surface area contributed by atoms with E-state index in [0.717, 1.165) is 72.7 Å². The van der Waals surface area contributed by atoms with E-state index in [4.69, 9.17) is 4.74 Å². The van der Waals surface area contributed by atoms with Gasteiger partial charge in [0.1, 0.15) is 0 Å². The van der Waals surface area contributed by atoms with Gasteiger partial charge in [-0.15, -0.1) is 0 Å². The van der Waals surface area contributed by atoms with E-state index in [2.05, 4.69) is 20.2 Å². The van der Waals surface area contributed by atoms with Crippen LogP contribution in [0.4, 0.5) is 5.69 Å². The molecule has 5 rings (SSSR count). The maximum absolute atomic E-state index is 13.2. The Morgan fingerprint density at radius 3 is 2.70 bits per heavy atom. The van der Waals surface area contributed by atoms with Gasteiger partial charge in [-0.05, 0) is 48.6 Å². The van der Waals surface area contributed by atoms with E-state index in [0.29, 0.717) is 18.2 Å². The van der Waals surface area contributed by atoms with Gasteiger partial charge in [-0.2, -0.15) is 0 Å². The quantitative estimate of drug-likeness (QED) is 0.625. The van der Waals surface area contributed by atoms with Crippen LogP contribution in [0.1, 0.15) is 35.8 Å². The Bertz CT molecular complexity index is 1180. The highest BCUT2D eigenvalue weighted by Crippen LogP contribution is 2.42. The summed E-state index contributed by atoms with van der Waals surface area (Å²) in [6, 6.07) is 11.7. The molecule has 170 valence electrons. The summed E-state index contributed by atoms with van der Waals surface area (Å²) in [4.78, 5) is 29.1. The van der Waals surface area contributed by atoms with E-state index in [-0.39, 0.29) is 11.8 Å². The lowest BCUT2D eigenvalue weighted by atomic mass is 9.95. The Kier molecular flexibility index (Phi) is 5.96. The molecule has 33 heavy (non-hydrogen) atoms. The van der Waals surface area contributed by atoms with Crippen molar-refractivity contribution in [3.8, 4) is 22.4 Å². The molecular formula is C26H28N4O3. The number of pyridine rings is 1. The summed E-state index contributed by atoms with van der Waals surface area (Å²) in [5.74, 6) is 0.329. The second kappa shape index (κ2) is 9.19. The van der Waals surface area contributed by atoms with Crippen molar-refractivity contribution in [2.75, 3.05) is 25.1 Å². The van der Waals surface area contributed by atoms with Crippen LogP contribution in [-0.2, 0) is 22.5 Å². The van der Waals surface area contributed by atoms with Crippen LogP contribution in [0.3, 0.4) is 0 Å². The van der Waals surface area contributed by atoms with Crippen LogP contribution >= 0.6 is 0 Å². The van der Waals surface area contributed by atoms with Gasteiger partial charge in [-0.3, -0.25) is 14.6 Å². The van der Waals surface area contributed by atoms with Crippen molar-refractivity contribution in [3.05, 3.63) is 60.0 Å². The van der Waals surface area contributed by atoms with E-state index in [1.165, 1.54) is 6.92 Å². The fraction of sp³-hybridized carbons (Fsp3) is 0.346. The lowest BCUT2D eigenvalue weighted by Gasteiger charge is -2.26. The number of anilines is 1. The minimum Gasteiger partial charge on any atom is -0.381 e. The maximum Gasteiger partial charge on any atom is 0.253 e. The van der Waals surface area contributed by atoms with Gasteiger partial charge in [-0.1, -0.05) is 12.1 Å². The highest BCUT2D eigenvalue weighted by molar-refractivity contribution is 6.07. The number of benzene rings is 1. The van der Waals surface area contributed by atoms with E-state index in [1.54, 1.807) is 12.4 Å². The van der Waals surface area contributed by atoms with E-state index < -0.39 is 0 Å². The molecule has 7 heteroatoms. The van der Waals surface area contributed by atoms with Crippen LogP contribution in [0.25, 0.3) is 22.4 Å². The van der Waals surface area contributed by atoms with Crippen molar-refractivity contribution in [1.29, 1.82) is 0 Å². The summed E-state index contributed by atoms with van der Waals surface area (Å²) in [6.07, 6.45) is 6.40. The number of nitrogens with one attached hydrogen (secondary N) is 2. The first kappa shape index (κ1) is 21.4. The molecule has 1 aromatic carbocycles. The largest absolute Gasteiger partial charge is 0.381 e. The average molecular weight is 445 g/mol. The van der Waals surface area contributed by atoms with Crippen LogP contribution in [-0.4, -0.2) is 41.1 Å². The normalized spacial score (nSPS) is 16.2. The molecule has 3 aromatic rings. The zero-order chi connectivity index (χ0) is 22.8. The molecule has 4 heterocycles. The summed E-state index contributed by atoms with van der Waals surface area (Å²) in [5.41, 5.74) is 6.41. The van der Waals surface area contributed by atoms with Gasteiger partial charge >= 0.3 is 0 Å². The zero-order valence-corrected chi connectivity index (χ0v) is 18.8. The first-order chi connectivity index (χ1) is 16.1. The minimum atomic E-state index is -0.127. The molecule has 0 radical (unpaired) electrons. The molecule has 7 nitrogen and oxygen atoms in total. The second-order valence-electron chi connectivity index (χ2n) is 8.72. The van der Waals surface area contributed by atoms with E-state index in [9.17, 15) is 9.59 Å². The number of carbonyl (C=O) groups excluding carboxylic acids is 2. The molecule has 2 N–H and O–H groups in total. The number of nitrogens with zero attached hydrogens (tertiary/aromatic N) is 2. The van der Waals surface area contributed by atoms with Crippen LogP contribution in [0, 0.1) is 5.92 Å². The van der Waals surface area contributed by atoms with Crippen molar-refractivity contribution in [3.63, 3.8) is 0 Å². The minimum absolute atomic E-state index is 0.0442. The van der Waals surface area contributed by atoms with Crippen LogP contribution in [0.5, 0.6) is 0 Å². The first-order valence-corrected chi connectivity index (χ1v) is 11.5. The Balaban J connectivity index is 1.74. The van der Waals surface area contributed by atoms with Crippen LogP contribution in [0.2, 0.25) is 0 Å². The van der Waals surface area contributed by atoms with Gasteiger partial charge in [0.2, 0.25) is 5.91 Å². The number of fused-ring (bicyclic) bond motifs is 1. The molecule has 0 bridgehead atoms. The number of amides is 2. The second-order valence-corrected chi connectivity index (χ2v) is 8.72. The number of rotatable bonds is 5. The Labute approximate surface area is 193 Å². The molecular weight excluding hydrogens is 416 g/mol. The Hall–Kier alpha value is -3.45. The monoisotopic (exact) mass is 444 g/mol. The lowest BCUT2D eigenvalue weighted by molar-refractivity contribution is -0.114. The van der Waals surface area contributed by atoms with Gasteiger partial charge in [0.15, 0.2) is 0 Å². The fourth-order valence-corrected chi connectivity index (χ4v) is 4.99. The number of ether oxygens (including phenoxy) is 1. The summed E-state index contributed by atoms with van der Waals surface area (Å²) in [6.45, 7) is 4.54. The summed E-state index contributed by atoms with van der Waals surface area (Å²) in [5, 5.41) is 5.90. The third-order valence-corrected chi connectivity index (χ3v) is 6.45. The average Bonchev–Trinajstić information content (AvgIpc) is 3.15. The highest BCUT2D eigenvalue weighted by Gasteiger charge is 2.32. The van der Waals surface area contributed by atoms with Crippen molar-refractivity contribution in [2.24, 2.45) is 5.92 Å². The fourth-order valence-electron chi connectivity index (χ4n) is 4.99. The topological polar surface area (TPSA) is 85.2 Å². The SMILES string of the molecule is CC(=O)Nc1cccc(-c2c3c(n(CC4CCOCC4)c2-c2ccncc2)CCNC3=O)c1. The van der Waals surface area contributed by atoms with Gasteiger partial charge in [0.25, 0.3) is 5.91 Å². The summed E-state index contributed by atoms with van der Waals surface area (Å²) in [7, 11) is 0. The number of carbonyl (C=O) groups is 2. The third kappa shape index (κ3) is 4.28. The molecule has 0 saturated carbocycles. The van der Waals surface area contributed by atoms with Gasteiger partial charge in [-0.25, -0.2) is 0 Å². The number of aromatic nitrogens is 2. The van der Waals surface area contributed by atoms with E-state index >= 15 is 0 Å². The molecule has 1 saturated heterocycles. The summed E-state index contributed by atoms with van der Waals surface area (Å²) >= 11 is 0. The molecule has 2 aliphatic heterocycles. The van der Waals surface area contributed by atoms with Gasteiger partial charge in [0, 0.05) is 74.5 Å². The van der Waals surface area contributed by atoms with Crippen LogP contribution < -0.4 is 10.6 Å². The Morgan fingerprint density at radius 1 is 1.15 bits per heavy atom. The predicted octanol–water partition coefficient (Wildman–Crippen LogP) is 3.89. The highest BCUT2D eigenvalue weighted by atomic mass is 16.5. The number of hydrogen-bond acceptors (Lipinski definition) is 4. The number of hydrogen-bond donors (Lipinski definition) is 2. The van der Waals surface area contributed by atoms with Crippen molar-refractivity contribution >= 4 is 17.5 Å². The molecule has 2 aromatic heterocycles. The molecule has 0 atom stereocenters. The molecule has 2 aliphatic rings. The molecule has 0 unspecified atom stereocenters. The third-order valence-electron chi connectivity index (χ3n) is 6.45. The first-order valence-electron chi connectivity index (χ1n) is 11.5. The lowest BCUT2D eigenvalue weighted by Crippen LogP contribution is -2.33. The molecule has 0 spiro atoms.